The fraction of sp³-hybridized carbons (Fsp3) is 0.692. The van der Waals surface area contributed by atoms with Gasteiger partial charge in [0.1, 0.15) is 5.76 Å². The average molecular weight is 241 g/mol. The molecule has 1 rings (SSSR count). The summed E-state index contributed by atoms with van der Waals surface area (Å²) in [5.41, 5.74) is -0.495. The number of methoxy groups -OCH3 is 1. The van der Waals surface area contributed by atoms with Crippen molar-refractivity contribution in [3.8, 4) is 0 Å². The Morgan fingerprint density at radius 1 is 1.53 bits per heavy atom. The van der Waals surface area contributed by atoms with E-state index in [1.165, 1.54) is 0 Å². The van der Waals surface area contributed by atoms with Gasteiger partial charge >= 0.3 is 0 Å². The second-order valence-electron chi connectivity index (χ2n) is 4.93. The average Bonchev–Trinajstić information content (AvgIpc) is 2.78. The molecule has 0 aliphatic rings. The largest absolute Gasteiger partial charge is 0.468 e. The molecule has 17 heavy (non-hydrogen) atoms. The van der Waals surface area contributed by atoms with E-state index in [2.05, 4.69) is 4.90 Å². The minimum Gasteiger partial charge on any atom is -0.468 e. The van der Waals surface area contributed by atoms with Crippen LogP contribution < -0.4 is 0 Å². The number of nitrogens with zero attached hydrogens (tertiary/aromatic N) is 1. The molecular weight excluding hydrogens is 218 g/mol. The Hall–Kier alpha value is -0.840. The molecule has 98 valence electrons. The van der Waals surface area contributed by atoms with Crippen molar-refractivity contribution in [3.63, 3.8) is 0 Å². The van der Waals surface area contributed by atoms with E-state index in [9.17, 15) is 5.11 Å². The zero-order valence-corrected chi connectivity index (χ0v) is 11.1. The lowest BCUT2D eigenvalue weighted by Gasteiger charge is -2.30. The highest BCUT2D eigenvalue weighted by Crippen LogP contribution is 2.17. The zero-order chi connectivity index (χ0) is 12.9. The molecule has 0 radical (unpaired) electrons. The Morgan fingerprint density at radius 2 is 2.24 bits per heavy atom. The molecular formula is C13H23NO3. The van der Waals surface area contributed by atoms with Gasteiger partial charge in [0.15, 0.2) is 0 Å². The second kappa shape index (κ2) is 6.19. The summed E-state index contributed by atoms with van der Waals surface area (Å²) in [7, 11) is 3.63. The Labute approximate surface area is 103 Å². The number of ether oxygens (including phenoxy) is 1. The van der Waals surface area contributed by atoms with Crippen molar-refractivity contribution >= 4 is 0 Å². The summed E-state index contributed by atoms with van der Waals surface area (Å²) in [6.07, 6.45) is 1.89. The predicted octanol–water partition coefficient (Wildman–Crippen LogP) is 1.89. The number of rotatable bonds is 7. The van der Waals surface area contributed by atoms with Crippen LogP contribution in [0.2, 0.25) is 0 Å². The van der Waals surface area contributed by atoms with Crippen LogP contribution in [0, 0.1) is 0 Å². The molecule has 1 atom stereocenters. The third kappa shape index (κ3) is 4.50. The maximum atomic E-state index is 9.98. The van der Waals surface area contributed by atoms with Crippen molar-refractivity contribution in [2.24, 2.45) is 0 Å². The first-order chi connectivity index (χ1) is 7.95. The van der Waals surface area contributed by atoms with Gasteiger partial charge in [-0.3, -0.25) is 4.90 Å². The third-order valence-electron chi connectivity index (χ3n) is 3.12. The Balaban J connectivity index is 2.30. The monoisotopic (exact) mass is 241 g/mol. The van der Waals surface area contributed by atoms with Crippen LogP contribution in [0.3, 0.4) is 0 Å². The maximum absolute atomic E-state index is 9.98. The van der Waals surface area contributed by atoms with E-state index in [1.807, 2.05) is 33.0 Å². The number of hydrogen-bond acceptors (Lipinski definition) is 4. The quantitative estimate of drug-likeness (QED) is 0.792. The van der Waals surface area contributed by atoms with Crippen molar-refractivity contribution < 1.29 is 14.3 Å². The van der Waals surface area contributed by atoms with E-state index in [0.717, 1.165) is 18.8 Å². The van der Waals surface area contributed by atoms with Crippen LogP contribution in [0.1, 0.15) is 26.0 Å². The van der Waals surface area contributed by atoms with Gasteiger partial charge in [0.05, 0.1) is 24.5 Å². The molecule has 0 aliphatic heterocycles. The van der Waals surface area contributed by atoms with Gasteiger partial charge in [-0.1, -0.05) is 0 Å². The molecule has 0 saturated carbocycles. The number of furan rings is 1. The summed E-state index contributed by atoms with van der Waals surface area (Å²) < 4.78 is 10.5. The number of aliphatic hydroxyl groups is 1. The van der Waals surface area contributed by atoms with Gasteiger partial charge in [0, 0.05) is 13.7 Å². The minimum absolute atomic E-state index is 0.466. The van der Waals surface area contributed by atoms with Crippen LogP contribution in [0.5, 0.6) is 0 Å². The SMILES string of the molecule is COC(C)(C)C(O)CCN(C)Cc1ccco1. The van der Waals surface area contributed by atoms with Crippen LogP contribution >= 0.6 is 0 Å². The van der Waals surface area contributed by atoms with Crippen molar-refractivity contribution in [2.45, 2.75) is 38.5 Å². The van der Waals surface area contributed by atoms with E-state index >= 15 is 0 Å². The van der Waals surface area contributed by atoms with Gasteiger partial charge in [-0.05, 0) is 39.4 Å². The molecule has 1 N–H and O–H groups in total. The summed E-state index contributed by atoms with van der Waals surface area (Å²) in [5, 5.41) is 9.98. The van der Waals surface area contributed by atoms with E-state index in [4.69, 9.17) is 9.15 Å². The van der Waals surface area contributed by atoms with Gasteiger partial charge in [-0.15, -0.1) is 0 Å². The van der Waals surface area contributed by atoms with Gasteiger partial charge < -0.3 is 14.3 Å². The molecule has 0 amide bonds. The fourth-order valence-corrected chi connectivity index (χ4v) is 1.57. The molecule has 1 heterocycles. The molecule has 0 bridgehead atoms. The van der Waals surface area contributed by atoms with Crippen LogP contribution in [0.25, 0.3) is 0 Å². The van der Waals surface area contributed by atoms with Crippen LogP contribution in [0.15, 0.2) is 22.8 Å². The molecule has 4 nitrogen and oxygen atoms in total. The van der Waals surface area contributed by atoms with Crippen molar-refractivity contribution in [1.82, 2.24) is 4.90 Å². The Kier molecular flexibility index (Phi) is 5.18. The van der Waals surface area contributed by atoms with Gasteiger partial charge in [0.25, 0.3) is 0 Å². The molecule has 1 aromatic rings. The molecule has 0 spiro atoms. The lowest BCUT2D eigenvalue weighted by Crippen LogP contribution is -2.40. The molecule has 1 unspecified atom stereocenters. The summed E-state index contributed by atoms with van der Waals surface area (Å²) in [6, 6.07) is 3.83. The first-order valence-corrected chi connectivity index (χ1v) is 5.90. The lowest BCUT2D eigenvalue weighted by molar-refractivity contribution is -0.0821. The third-order valence-corrected chi connectivity index (χ3v) is 3.12. The Morgan fingerprint density at radius 3 is 2.76 bits per heavy atom. The molecule has 0 aliphatic carbocycles. The Bertz CT molecular complexity index is 308. The summed E-state index contributed by atoms with van der Waals surface area (Å²) in [6.45, 7) is 5.34. The van der Waals surface area contributed by atoms with E-state index in [-0.39, 0.29) is 0 Å². The van der Waals surface area contributed by atoms with Crippen LogP contribution in [-0.4, -0.2) is 42.4 Å². The standard InChI is InChI=1S/C13H23NO3/c1-13(2,16-4)12(15)7-8-14(3)10-11-6-5-9-17-11/h5-6,9,12,15H,7-8,10H2,1-4H3. The van der Waals surface area contributed by atoms with Crippen molar-refractivity contribution in [2.75, 3.05) is 20.7 Å². The zero-order valence-electron chi connectivity index (χ0n) is 11.1. The molecule has 0 fully saturated rings. The van der Waals surface area contributed by atoms with Crippen LogP contribution in [0.4, 0.5) is 0 Å². The summed E-state index contributed by atoms with van der Waals surface area (Å²) in [4.78, 5) is 2.12. The predicted molar refractivity (Wildman–Crippen MR) is 66.8 cm³/mol. The normalized spacial score (nSPS) is 14.2. The van der Waals surface area contributed by atoms with Gasteiger partial charge in [-0.2, -0.15) is 0 Å². The second-order valence-corrected chi connectivity index (χ2v) is 4.93. The topological polar surface area (TPSA) is 45.8 Å². The highest BCUT2D eigenvalue weighted by Gasteiger charge is 2.27. The molecule has 0 saturated heterocycles. The highest BCUT2D eigenvalue weighted by molar-refractivity contribution is 4.97. The minimum atomic E-state index is -0.495. The molecule has 0 aromatic carbocycles. The molecule has 4 heteroatoms. The molecule has 1 aromatic heterocycles. The fourth-order valence-electron chi connectivity index (χ4n) is 1.57. The smallest absolute Gasteiger partial charge is 0.117 e. The van der Waals surface area contributed by atoms with Crippen molar-refractivity contribution in [1.29, 1.82) is 0 Å². The summed E-state index contributed by atoms with van der Waals surface area (Å²) >= 11 is 0. The van der Waals surface area contributed by atoms with Gasteiger partial charge in [0.2, 0.25) is 0 Å². The first kappa shape index (κ1) is 14.2. The maximum Gasteiger partial charge on any atom is 0.117 e. The van der Waals surface area contributed by atoms with E-state index in [0.29, 0.717) is 6.42 Å². The van der Waals surface area contributed by atoms with Crippen molar-refractivity contribution in [3.05, 3.63) is 24.2 Å². The summed E-state index contributed by atoms with van der Waals surface area (Å²) in [5.74, 6) is 0.938. The number of aliphatic hydroxyl groups excluding tert-OH is 1. The highest BCUT2D eigenvalue weighted by atomic mass is 16.5. The number of hydrogen-bond donors (Lipinski definition) is 1. The van der Waals surface area contributed by atoms with Crippen LogP contribution in [-0.2, 0) is 11.3 Å². The van der Waals surface area contributed by atoms with E-state index in [1.54, 1.807) is 13.4 Å². The first-order valence-electron chi connectivity index (χ1n) is 5.90. The van der Waals surface area contributed by atoms with E-state index < -0.39 is 11.7 Å². The lowest BCUT2D eigenvalue weighted by atomic mass is 9.98. The van der Waals surface area contributed by atoms with Gasteiger partial charge in [-0.25, -0.2) is 0 Å².